The molecule has 1 fully saturated rings. The minimum atomic E-state index is 0.368. The van der Waals surface area contributed by atoms with Gasteiger partial charge in [-0.15, -0.1) is 0 Å². The van der Waals surface area contributed by atoms with Crippen molar-refractivity contribution in [2.45, 2.75) is 32.4 Å². The minimum Gasteiger partial charge on any atom is -0.329 e. The molecule has 3 heteroatoms. The fourth-order valence-corrected chi connectivity index (χ4v) is 3.01. The molecule has 1 aliphatic rings. The van der Waals surface area contributed by atoms with Crippen LogP contribution in [0.3, 0.4) is 0 Å². The van der Waals surface area contributed by atoms with Crippen LogP contribution in [0.15, 0.2) is 24.3 Å². The Morgan fingerprint density at radius 1 is 1.32 bits per heavy atom. The second-order valence-corrected chi connectivity index (χ2v) is 5.63. The molecule has 1 aromatic carbocycles. The van der Waals surface area contributed by atoms with Crippen LogP contribution in [0.2, 0.25) is 0 Å². The second kappa shape index (κ2) is 6.51. The van der Waals surface area contributed by atoms with Gasteiger partial charge in [0.05, 0.1) is 0 Å². The SMILES string of the molecule is CCc1ccccc1C(CN)N1CCN(C)C(C)C1. The summed E-state index contributed by atoms with van der Waals surface area (Å²) in [5.74, 6) is 0. The van der Waals surface area contributed by atoms with Gasteiger partial charge in [-0.05, 0) is 31.5 Å². The zero-order valence-electron chi connectivity index (χ0n) is 12.5. The van der Waals surface area contributed by atoms with Crippen LogP contribution in [0.5, 0.6) is 0 Å². The van der Waals surface area contributed by atoms with Crippen LogP contribution in [0.25, 0.3) is 0 Å². The number of rotatable bonds is 4. The third kappa shape index (κ3) is 3.16. The van der Waals surface area contributed by atoms with E-state index >= 15 is 0 Å². The molecule has 3 nitrogen and oxygen atoms in total. The summed E-state index contributed by atoms with van der Waals surface area (Å²) in [6.07, 6.45) is 1.08. The van der Waals surface area contributed by atoms with Crippen LogP contribution in [0, 0.1) is 0 Å². The summed E-state index contributed by atoms with van der Waals surface area (Å²) in [4.78, 5) is 4.98. The largest absolute Gasteiger partial charge is 0.329 e. The fourth-order valence-electron chi connectivity index (χ4n) is 3.01. The van der Waals surface area contributed by atoms with Crippen molar-refractivity contribution in [1.82, 2.24) is 9.80 Å². The van der Waals surface area contributed by atoms with Crippen LogP contribution in [0.1, 0.15) is 31.0 Å². The number of hydrogen-bond donors (Lipinski definition) is 1. The average molecular weight is 261 g/mol. The molecule has 1 aliphatic heterocycles. The molecule has 0 bridgehead atoms. The maximum absolute atomic E-state index is 6.08. The van der Waals surface area contributed by atoms with Crippen molar-refractivity contribution in [3.05, 3.63) is 35.4 Å². The lowest BCUT2D eigenvalue weighted by molar-refractivity contribution is 0.0738. The van der Waals surface area contributed by atoms with Gasteiger partial charge in [-0.25, -0.2) is 0 Å². The molecule has 106 valence electrons. The highest BCUT2D eigenvalue weighted by atomic mass is 15.3. The normalized spacial score (nSPS) is 23.5. The lowest BCUT2D eigenvalue weighted by atomic mass is 9.96. The van der Waals surface area contributed by atoms with Crippen molar-refractivity contribution < 1.29 is 0 Å². The first-order valence-corrected chi connectivity index (χ1v) is 7.39. The summed E-state index contributed by atoms with van der Waals surface area (Å²) in [7, 11) is 2.21. The average Bonchev–Trinajstić information content (AvgIpc) is 2.44. The van der Waals surface area contributed by atoms with Gasteiger partial charge in [0.25, 0.3) is 0 Å². The number of hydrogen-bond acceptors (Lipinski definition) is 3. The molecule has 1 heterocycles. The molecular weight excluding hydrogens is 234 g/mol. The van der Waals surface area contributed by atoms with E-state index in [0.29, 0.717) is 18.6 Å². The van der Waals surface area contributed by atoms with Gasteiger partial charge in [0.15, 0.2) is 0 Å². The standard InChI is InChI=1S/C16H27N3/c1-4-14-7-5-6-8-15(14)16(11-17)19-10-9-18(3)13(2)12-19/h5-8,13,16H,4,9-12,17H2,1-3H3. The number of piperazine rings is 1. The van der Waals surface area contributed by atoms with Crippen molar-refractivity contribution in [3.63, 3.8) is 0 Å². The van der Waals surface area contributed by atoms with E-state index in [0.717, 1.165) is 26.1 Å². The van der Waals surface area contributed by atoms with Crippen LogP contribution in [-0.4, -0.2) is 49.1 Å². The summed E-state index contributed by atoms with van der Waals surface area (Å²) in [6.45, 7) is 8.57. The molecule has 0 radical (unpaired) electrons. The Labute approximate surface area is 117 Å². The molecule has 1 aromatic rings. The van der Waals surface area contributed by atoms with Gasteiger partial charge in [0.1, 0.15) is 0 Å². The number of benzene rings is 1. The Balaban J connectivity index is 2.20. The molecule has 1 saturated heterocycles. The maximum Gasteiger partial charge on any atom is 0.0474 e. The van der Waals surface area contributed by atoms with E-state index in [1.165, 1.54) is 11.1 Å². The van der Waals surface area contributed by atoms with Crippen molar-refractivity contribution in [2.24, 2.45) is 5.73 Å². The number of likely N-dealkylation sites (N-methyl/N-ethyl adjacent to an activating group) is 1. The Morgan fingerprint density at radius 2 is 2.05 bits per heavy atom. The predicted molar refractivity (Wildman–Crippen MR) is 81.3 cm³/mol. The van der Waals surface area contributed by atoms with Crippen molar-refractivity contribution in [1.29, 1.82) is 0 Å². The van der Waals surface area contributed by atoms with Crippen LogP contribution in [0.4, 0.5) is 0 Å². The van der Waals surface area contributed by atoms with Crippen molar-refractivity contribution in [3.8, 4) is 0 Å². The summed E-state index contributed by atoms with van der Waals surface area (Å²) in [6, 6.07) is 9.72. The molecule has 0 amide bonds. The second-order valence-electron chi connectivity index (χ2n) is 5.63. The van der Waals surface area contributed by atoms with Gasteiger partial charge >= 0.3 is 0 Å². The number of nitrogens with zero attached hydrogens (tertiary/aromatic N) is 2. The van der Waals surface area contributed by atoms with E-state index < -0.39 is 0 Å². The third-order valence-corrected chi connectivity index (χ3v) is 4.45. The van der Waals surface area contributed by atoms with E-state index in [1.807, 2.05) is 0 Å². The van der Waals surface area contributed by atoms with Crippen LogP contribution < -0.4 is 5.73 Å². The molecule has 0 aromatic heterocycles. The Morgan fingerprint density at radius 3 is 2.68 bits per heavy atom. The summed E-state index contributed by atoms with van der Waals surface area (Å²) < 4.78 is 0. The van der Waals surface area contributed by atoms with E-state index in [9.17, 15) is 0 Å². The van der Waals surface area contributed by atoms with E-state index in [1.54, 1.807) is 0 Å². The summed E-state index contributed by atoms with van der Waals surface area (Å²) in [5.41, 5.74) is 8.94. The van der Waals surface area contributed by atoms with Crippen LogP contribution >= 0.6 is 0 Å². The van der Waals surface area contributed by atoms with Gasteiger partial charge in [-0.1, -0.05) is 31.2 Å². The Bertz CT molecular complexity index is 405. The lowest BCUT2D eigenvalue weighted by Crippen LogP contribution is -2.52. The molecule has 2 rings (SSSR count). The molecular formula is C16H27N3. The highest BCUT2D eigenvalue weighted by Gasteiger charge is 2.27. The minimum absolute atomic E-state index is 0.368. The number of aryl methyl sites for hydroxylation is 1. The first-order valence-electron chi connectivity index (χ1n) is 7.39. The number of nitrogens with two attached hydrogens (primary N) is 1. The van der Waals surface area contributed by atoms with Gasteiger partial charge in [-0.3, -0.25) is 4.90 Å². The highest BCUT2D eigenvalue weighted by molar-refractivity contribution is 5.30. The van der Waals surface area contributed by atoms with Gasteiger partial charge in [-0.2, -0.15) is 0 Å². The molecule has 0 spiro atoms. The Kier molecular flexibility index (Phi) is 4.97. The highest BCUT2D eigenvalue weighted by Crippen LogP contribution is 2.25. The summed E-state index contributed by atoms with van der Waals surface area (Å²) >= 11 is 0. The van der Waals surface area contributed by atoms with E-state index in [2.05, 4.69) is 55.0 Å². The van der Waals surface area contributed by atoms with Gasteiger partial charge in [0, 0.05) is 38.3 Å². The third-order valence-electron chi connectivity index (χ3n) is 4.45. The first kappa shape index (κ1) is 14.5. The zero-order valence-corrected chi connectivity index (χ0v) is 12.5. The van der Waals surface area contributed by atoms with Crippen molar-refractivity contribution in [2.75, 3.05) is 33.2 Å². The fraction of sp³-hybridized carbons (Fsp3) is 0.625. The van der Waals surface area contributed by atoms with E-state index in [-0.39, 0.29) is 0 Å². The monoisotopic (exact) mass is 261 g/mol. The van der Waals surface area contributed by atoms with Gasteiger partial charge in [0.2, 0.25) is 0 Å². The summed E-state index contributed by atoms with van der Waals surface area (Å²) in [5, 5.41) is 0. The van der Waals surface area contributed by atoms with Crippen molar-refractivity contribution >= 4 is 0 Å². The molecule has 2 unspecified atom stereocenters. The molecule has 0 saturated carbocycles. The predicted octanol–water partition coefficient (Wildman–Crippen LogP) is 1.88. The molecule has 0 aliphatic carbocycles. The van der Waals surface area contributed by atoms with Crippen LogP contribution in [-0.2, 0) is 6.42 Å². The first-order chi connectivity index (χ1) is 9.17. The lowest BCUT2D eigenvalue weighted by Gasteiger charge is -2.42. The smallest absolute Gasteiger partial charge is 0.0474 e. The van der Waals surface area contributed by atoms with E-state index in [4.69, 9.17) is 5.73 Å². The molecule has 19 heavy (non-hydrogen) atoms. The Hall–Kier alpha value is -0.900. The van der Waals surface area contributed by atoms with Gasteiger partial charge < -0.3 is 10.6 Å². The maximum atomic E-state index is 6.08. The quantitative estimate of drug-likeness (QED) is 0.898. The molecule has 2 N–H and O–H groups in total. The zero-order chi connectivity index (χ0) is 13.8. The topological polar surface area (TPSA) is 32.5 Å². The molecule has 2 atom stereocenters.